The van der Waals surface area contributed by atoms with E-state index in [1.54, 1.807) is 0 Å². The number of hydrogen-bond donors (Lipinski definition) is 0. The van der Waals surface area contributed by atoms with Gasteiger partial charge in [0.15, 0.2) is 0 Å². The summed E-state index contributed by atoms with van der Waals surface area (Å²) in [6.07, 6.45) is 0. The molecule has 0 amide bonds. The molecule has 0 saturated heterocycles. The van der Waals surface area contributed by atoms with Crippen LogP contribution in [0.3, 0.4) is 0 Å². The van der Waals surface area contributed by atoms with Crippen molar-refractivity contribution in [2.24, 2.45) is 0 Å². The molecule has 0 N–H and O–H groups in total. The summed E-state index contributed by atoms with van der Waals surface area (Å²) in [5.41, 5.74) is 11.1. The highest BCUT2D eigenvalue weighted by atomic mass is 28.4. The van der Waals surface area contributed by atoms with Crippen LogP contribution in [0.1, 0.15) is 51.3 Å². The van der Waals surface area contributed by atoms with Crippen molar-refractivity contribution in [1.29, 1.82) is 0 Å². The Hall–Kier alpha value is -2.59. The van der Waals surface area contributed by atoms with Crippen LogP contribution in [0, 0.1) is 0 Å². The van der Waals surface area contributed by atoms with Gasteiger partial charge in [-0.25, -0.2) is 0 Å². The molecule has 3 aromatic rings. The van der Waals surface area contributed by atoms with Crippen molar-refractivity contribution in [2.45, 2.75) is 108 Å². The first-order chi connectivity index (χ1) is 22.5. The molecule has 1 atom stereocenters. The topological polar surface area (TPSA) is 18.5 Å². The molecule has 0 aliphatic heterocycles. The molecule has 2 nitrogen and oxygen atoms in total. The number of rotatable bonds is 15. The maximum atomic E-state index is 7.21. The van der Waals surface area contributed by atoms with Gasteiger partial charge in [0.25, 0.3) is 0 Å². The SMILES string of the molecule is C=C[Si](C)(C)OC(C)(c1ccccc1)C(C)(C)[Si](C)(C)C=C.C=C[Si](C)(C)OC(c1ccccc1)(c1ccccc1)C(C)(C)[Si](C)(C)C=C. The fourth-order valence-corrected chi connectivity index (χ4v) is 13.1. The third-order valence-corrected chi connectivity index (χ3v) is 24.9. The van der Waals surface area contributed by atoms with E-state index in [-0.39, 0.29) is 15.7 Å². The van der Waals surface area contributed by atoms with Crippen molar-refractivity contribution in [2.75, 3.05) is 0 Å². The quantitative estimate of drug-likeness (QED) is 0.145. The molecule has 0 saturated carbocycles. The summed E-state index contributed by atoms with van der Waals surface area (Å²) in [6, 6.07) is 32.0. The summed E-state index contributed by atoms with van der Waals surface area (Å²) in [7, 11) is -7.67. The molecule has 3 rings (SSSR count). The largest absolute Gasteiger partial charge is 0.404 e. The molecule has 266 valence electrons. The first kappa shape index (κ1) is 42.6. The lowest BCUT2D eigenvalue weighted by molar-refractivity contribution is 0.0357. The molecule has 0 aliphatic rings. The van der Waals surface area contributed by atoms with Crippen LogP contribution < -0.4 is 0 Å². The molecule has 0 spiro atoms. The monoisotopic (exact) mass is 726 g/mol. The van der Waals surface area contributed by atoms with Crippen molar-refractivity contribution in [3.05, 3.63) is 157 Å². The van der Waals surface area contributed by atoms with Crippen molar-refractivity contribution in [1.82, 2.24) is 0 Å². The van der Waals surface area contributed by atoms with E-state index in [0.717, 1.165) is 0 Å². The zero-order valence-electron chi connectivity index (χ0n) is 33.1. The van der Waals surface area contributed by atoms with Crippen molar-refractivity contribution < 1.29 is 8.85 Å². The summed E-state index contributed by atoms with van der Waals surface area (Å²) in [4.78, 5) is 0. The van der Waals surface area contributed by atoms with Gasteiger partial charge < -0.3 is 8.85 Å². The zero-order valence-corrected chi connectivity index (χ0v) is 37.1. The lowest BCUT2D eigenvalue weighted by atomic mass is 9.77. The highest BCUT2D eigenvalue weighted by Gasteiger charge is 2.58. The van der Waals surface area contributed by atoms with Gasteiger partial charge in [0.2, 0.25) is 16.6 Å². The minimum atomic E-state index is -2.13. The third kappa shape index (κ3) is 8.66. The maximum absolute atomic E-state index is 7.21. The molecule has 0 aromatic heterocycles. The minimum absolute atomic E-state index is 0.00359. The van der Waals surface area contributed by atoms with Crippen LogP contribution in [-0.2, 0) is 20.1 Å². The predicted molar refractivity (Wildman–Crippen MR) is 228 cm³/mol. The van der Waals surface area contributed by atoms with Gasteiger partial charge in [-0.1, -0.05) is 156 Å². The molecular weight excluding hydrogens is 661 g/mol. The lowest BCUT2D eigenvalue weighted by Crippen LogP contribution is -2.56. The number of hydrogen-bond acceptors (Lipinski definition) is 2. The van der Waals surface area contributed by atoms with Crippen molar-refractivity contribution in [3.63, 3.8) is 0 Å². The normalized spacial score (nSPS) is 14.5. The van der Waals surface area contributed by atoms with E-state index in [4.69, 9.17) is 8.85 Å². The van der Waals surface area contributed by atoms with Crippen LogP contribution in [0.25, 0.3) is 0 Å². The summed E-state index contributed by atoms with van der Waals surface area (Å²) in [5, 5.41) is -0.145. The Labute approximate surface area is 305 Å². The van der Waals surface area contributed by atoms with Gasteiger partial charge in [-0.05, 0) is 54.8 Å². The Bertz CT molecular complexity index is 1500. The van der Waals surface area contributed by atoms with Crippen molar-refractivity contribution in [3.8, 4) is 0 Å². The van der Waals surface area contributed by atoms with E-state index in [1.807, 2.05) is 11.4 Å². The Morgan fingerprint density at radius 2 is 0.735 bits per heavy atom. The molecule has 49 heavy (non-hydrogen) atoms. The first-order valence-electron chi connectivity index (χ1n) is 17.6. The zero-order chi connectivity index (χ0) is 37.6. The Kier molecular flexibility index (Phi) is 13.7. The smallest absolute Gasteiger partial charge is 0.212 e. The summed E-state index contributed by atoms with van der Waals surface area (Å²) in [6.45, 7) is 46.4. The second kappa shape index (κ2) is 15.7. The van der Waals surface area contributed by atoms with Crippen LogP contribution in [-0.4, -0.2) is 32.8 Å². The predicted octanol–water partition coefficient (Wildman–Crippen LogP) is 13.2. The fourth-order valence-electron chi connectivity index (χ4n) is 6.37. The highest BCUT2D eigenvalue weighted by molar-refractivity contribution is 6.85. The van der Waals surface area contributed by atoms with Gasteiger partial charge in [-0.3, -0.25) is 0 Å². The lowest BCUT2D eigenvalue weighted by Gasteiger charge is -2.56. The van der Waals surface area contributed by atoms with Crippen LogP contribution >= 0.6 is 0 Å². The maximum Gasteiger partial charge on any atom is 0.212 e. The Morgan fingerprint density at radius 1 is 0.429 bits per heavy atom. The van der Waals surface area contributed by atoms with E-state index >= 15 is 0 Å². The van der Waals surface area contributed by atoms with E-state index in [2.05, 4.69) is 216 Å². The van der Waals surface area contributed by atoms with Gasteiger partial charge in [-0.15, -0.1) is 37.7 Å². The molecule has 6 heteroatoms. The molecule has 0 aliphatic carbocycles. The van der Waals surface area contributed by atoms with E-state index < -0.39 is 38.4 Å². The van der Waals surface area contributed by atoms with Gasteiger partial charge in [0.05, 0.1) is 21.7 Å². The summed E-state index contributed by atoms with van der Waals surface area (Å²) >= 11 is 0. The van der Waals surface area contributed by atoms with E-state index in [1.165, 1.54) is 16.7 Å². The van der Waals surface area contributed by atoms with Crippen LogP contribution in [0.15, 0.2) is 140 Å². The van der Waals surface area contributed by atoms with Gasteiger partial charge >= 0.3 is 0 Å². The molecule has 0 fully saturated rings. The molecule has 0 heterocycles. The third-order valence-electron chi connectivity index (χ3n) is 11.9. The fraction of sp³-hybridized carbons (Fsp3) is 0.395. The summed E-state index contributed by atoms with van der Waals surface area (Å²) in [5.74, 6) is 0. The average molecular weight is 727 g/mol. The van der Waals surface area contributed by atoms with Gasteiger partial charge in [0, 0.05) is 5.04 Å². The van der Waals surface area contributed by atoms with Gasteiger partial charge in [-0.2, -0.15) is 0 Å². The van der Waals surface area contributed by atoms with Crippen molar-refractivity contribution >= 4 is 32.8 Å². The second-order valence-electron chi connectivity index (χ2n) is 16.7. The minimum Gasteiger partial charge on any atom is -0.404 e. The Balaban J connectivity index is 0.000000348. The second-order valence-corrected chi connectivity index (χ2v) is 34.6. The molecular formula is C43H66O2Si4. The molecule has 1 unspecified atom stereocenters. The highest BCUT2D eigenvalue weighted by Crippen LogP contribution is 2.59. The molecule has 0 radical (unpaired) electrons. The van der Waals surface area contributed by atoms with Gasteiger partial charge in [0.1, 0.15) is 5.60 Å². The first-order valence-corrected chi connectivity index (χ1v) is 29.7. The van der Waals surface area contributed by atoms with E-state index in [0.29, 0.717) is 0 Å². The van der Waals surface area contributed by atoms with Crippen LogP contribution in [0.4, 0.5) is 0 Å². The Morgan fingerprint density at radius 3 is 1.06 bits per heavy atom. The standard InChI is InChI=1S/C24H34OSi2.C19H32OSi2/c1-9-26(5,6)23(3,4)24(25-27(7,8)10-2,21-17-13-11-14-18-21)22-19-15-12-16-20-22;1-10-21(6,7)18(3,4)19(5,20-22(8,9)11-2)17-15-13-12-14-16-17/h9-20H,1-2H2,3-8H3;10-16H,1-2H2,3-9H3. The van der Waals surface area contributed by atoms with Crippen LogP contribution in [0.5, 0.6) is 0 Å². The number of benzene rings is 3. The molecule has 0 bridgehead atoms. The van der Waals surface area contributed by atoms with Crippen LogP contribution in [0.2, 0.25) is 62.5 Å². The average Bonchev–Trinajstić information content (AvgIpc) is 3.08. The molecule has 3 aromatic carbocycles. The van der Waals surface area contributed by atoms with E-state index in [9.17, 15) is 0 Å². The summed E-state index contributed by atoms with van der Waals surface area (Å²) < 4.78 is 14.0.